The fraction of sp³-hybridized carbons (Fsp3) is 0.176. The third-order valence-corrected chi connectivity index (χ3v) is 3.10. The number of oxazole rings is 1. The van der Waals surface area contributed by atoms with Gasteiger partial charge < -0.3 is 19.8 Å². The minimum atomic E-state index is -0.111. The highest BCUT2D eigenvalue weighted by atomic mass is 16.5. The first-order valence-electron chi connectivity index (χ1n) is 7.30. The molecule has 0 bridgehead atoms. The maximum atomic E-state index is 11.0. The molecule has 3 aromatic rings. The predicted octanol–water partition coefficient (Wildman–Crippen LogP) is 3.28. The number of hydrogen-bond donors (Lipinski definition) is 2. The minimum absolute atomic E-state index is 0.111. The van der Waals surface area contributed by atoms with Gasteiger partial charge in [0.2, 0.25) is 5.91 Å². The molecule has 0 atom stereocenters. The van der Waals surface area contributed by atoms with E-state index in [1.54, 1.807) is 6.07 Å². The maximum Gasteiger partial charge on any atom is 0.295 e. The molecule has 2 aromatic carbocycles. The van der Waals surface area contributed by atoms with Crippen LogP contribution in [0.1, 0.15) is 6.92 Å². The molecule has 0 radical (unpaired) electrons. The first-order chi connectivity index (χ1) is 11.2. The van der Waals surface area contributed by atoms with Crippen molar-refractivity contribution in [3.8, 4) is 5.75 Å². The summed E-state index contributed by atoms with van der Waals surface area (Å²) >= 11 is 0. The van der Waals surface area contributed by atoms with E-state index < -0.39 is 0 Å². The largest absolute Gasteiger partial charge is 0.492 e. The monoisotopic (exact) mass is 311 g/mol. The Kier molecular flexibility index (Phi) is 4.42. The average Bonchev–Trinajstić information content (AvgIpc) is 2.94. The van der Waals surface area contributed by atoms with Crippen molar-refractivity contribution in [2.24, 2.45) is 0 Å². The molecular weight excluding hydrogens is 294 g/mol. The Bertz CT molecular complexity index is 780. The topological polar surface area (TPSA) is 76.4 Å². The molecule has 0 spiro atoms. The van der Waals surface area contributed by atoms with Crippen LogP contribution in [0.3, 0.4) is 0 Å². The smallest absolute Gasteiger partial charge is 0.295 e. The molecule has 0 saturated heterocycles. The molecule has 6 heteroatoms. The van der Waals surface area contributed by atoms with Crippen LogP contribution in [0.25, 0.3) is 11.1 Å². The summed E-state index contributed by atoms with van der Waals surface area (Å²) in [7, 11) is 0. The Morgan fingerprint density at radius 3 is 2.91 bits per heavy atom. The van der Waals surface area contributed by atoms with Gasteiger partial charge in [0.15, 0.2) is 5.58 Å². The van der Waals surface area contributed by atoms with Crippen LogP contribution in [0.5, 0.6) is 5.75 Å². The number of nitrogens with one attached hydrogen (secondary N) is 2. The van der Waals surface area contributed by atoms with E-state index in [0.29, 0.717) is 30.6 Å². The number of fused-ring (bicyclic) bond motifs is 1. The standard InChI is InChI=1S/C17H17N3O3/c1-12(21)19-13-5-4-6-14(11-13)22-10-9-18-17-20-15-7-2-3-8-16(15)23-17/h2-8,11H,9-10H2,1H3,(H,18,20)(H,19,21). The number of carbonyl (C=O) groups excluding carboxylic acids is 1. The number of aromatic nitrogens is 1. The van der Waals surface area contributed by atoms with Gasteiger partial charge in [0.1, 0.15) is 17.9 Å². The summed E-state index contributed by atoms with van der Waals surface area (Å²) in [6.45, 7) is 2.47. The zero-order valence-electron chi connectivity index (χ0n) is 12.7. The highest BCUT2D eigenvalue weighted by Crippen LogP contribution is 2.19. The number of hydrogen-bond acceptors (Lipinski definition) is 5. The van der Waals surface area contributed by atoms with Gasteiger partial charge in [0.25, 0.3) is 6.01 Å². The fourth-order valence-corrected chi connectivity index (χ4v) is 2.14. The van der Waals surface area contributed by atoms with E-state index in [9.17, 15) is 4.79 Å². The number of benzene rings is 2. The van der Waals surface area contributed by atoms with Crippen LogP contribution in [0.15, 0.2) is 52.9 Å². The molecule has 0 fully saturated rings. The van der Waals surface area contributed by atoms with Crippen LogP contribution < -0.4 is 15.4 Å². The highest BCUT2D eigenvalue weighted by molar-refractivity contribution is 5.88. The first kappa shape index (κ1) is 14.9. The van der Waals surface area contributed by atoms with Crippen LogP contribution in [0.4, 0.5) is 11.7 Å². The second-order valence-electron chi connectivity index (χ2n) is 4.97. The minimum Gasteiger partial charge on any atom is -0.492 e. The van der Waals surface area contributed by atoms with Crippen LogP contribution in [0, 0.1) is 0 Å². The molecule has 2 N–H and O–H groups in total. The van der Waals surface area contributed by atoms with Gasteiger partial charge in [-0.2, -0.15) is 4.98 Å². The number of amides is 1. The van der Waals surface area contributed by atoms with Crippen molar-refractivity contribution in [2.45, 2.75) is 6.92 Å². The number of carbonyl (C=O) groups is 1. The summed E-state index contributed by atoms with van der Waals surface area (Å²) in [5.74, 6) is 0.579. The zero-order chi connectivity index (χ0) is 16.1. The Balaban J connectivity index is 1.50. The van der Waals surface area contributed by atoms with Crippen LogP contribution in [-0.2, 0) is 4.79 Å². The maximum absolute atomic E-state index is 11.0. The first-order valence-corrected chi connectivity index (χ1v) is 7.30. The second-order valence-corrected chi connectivity index (χ2v) is 4.97. The van der Waals surface area contributed by atoms with E-state index >= 15 is 0 Å². The number of anilines is 2. The Morgan fingerprint density at radius 1 is 1.22 bits per heavy atom. The van der Waals surface area contributed by atoms with E-state index in [2.05, 4.69) is 15.6 Å². The van der Waals surface area contributed by atoms with Crippen LogP contribution >= 0.6 is 0 Å². The van der Waals surface area contributed by atoms with E-state index in [4.69, 9.17) is 9.15 Å². The molecule has 1 heterocycles. The molecule has 23 heavy (non-hydrogen) atoms. The van der Waals surface area contributed by atoms with Crippen molar-refractivity contribution in [3.63, 3.8) is 0 Å². The lowest BCUT2D eigenvalue weighted by Crippen LogP contribution is -2.12. The molecule has 0 unspecified atom stereocenters. The molecule has 0 aliphatic carbocycles. The molecule has 1 amide bonds. The summed E-state index contributed by atoms with van der Waals surface area (Å²) in [5.41, 5.74) is 2.28. The highest BCUT2D eigenvalue weighted by Gasteiger charge is 2.04. The zero-order valence-corrected chi connectivity index (χ0v) is 12.7. The van der Waals surface area contributed by atoms with Gasteiger partial charge in [0.05, 0.1) is 6.54 Å². The Morgan fingerprint density at radius 2 is 2.09 bits per heavy atom. The summed E-state index contributed by atoms with van der Waals surface area (Å²) in [6, 6.07) is 15.3. The summed E-state index contributed by atoms with van der Waals surface area (Å²) in [5, 5.41) is 5.80. The van der Waals surface area contributed by atoms with Crippen molar-refractivity contribution in [2.75, 3.05) is 23.8 Å². The molecule has 1 aromatic heterocycles. The van der Waals surface area contributed by atoms with Gasteiger partial charge in [-0.3, -0.25) is 4.79 Å². The molecule has 3 rings (SSSR count). The number of ether oxygens (including phenoxy) is 1. The van der Waals surface area contributed by atoms with Crippen molar-refractivity contribution < 1.29 is 13.9 Å². The van der Waals surface area contributed by atoms with Gasteiger partial charge in [-0.25, -0.2) is 0 Å². The lowest BCUT2D eigenvalue weighted by molar-refractivity contribution is -0.114. The molecule has 0 aliphatic heterocycles. The Hall–Kier alpha value is -3.02. The van der Waals surface area contributed by atoms with Gasteiger partial charge >= 0.3 is 0 Å². The lowest BCUT2D eigenvalue weighted by Gasteiger charge is -2.08. The number of nitrogens with zero attached hydrogens (tertiary/aromatic N) is 1. The van der Waals surface area contributed by atoms with Crippen molar-refractivity contribution in [1.82, 2.24) is 4.98 Å². The van der Waals surface area contributed by atoms with E-state index in [1.165, 1.54) is 6.92 Å². The lowest BCUT2D eigenvalue weighted by atomic mass is 10.3. The van der Waals surface area contributed by atoms with Crippen LogP contribution in [-0.4, -0.2) is 24.0 Å². The van der Waals surface area contributed by atoms with Crippen molar-refractivity contribution in [1.29, 1.82) is 0 Å². The molecular formula is C17H17N3O3. The summed E-state index contributed by atoms with van der Waals surface area (Å²) in [4.78, 5) is 15.4. The third-order valence-electron chi connectivity index (χ3n) is 3.10. The molecule has 0 aliphatic rings. The fourth-order valence-electron chi connectivity index (χ4n) is 2.14. The normalized spacial score (nSPS) is 10.5. The van der Waals surface area contributed by atoms with Crippen LogP contribution in [0.2, 0.25) is 0 Å². The van der Waals surface area contributed by atoms with E-state index in [-0.39, 0.29) is 5.91 Å². The third kappa shape index (κ3) is 4.00. The SMILES string of the molecule is CC(=O)Nc1cccc(OCCNc2nc3ccccc3o2)c1. The van der Waals surface area contributed by atoms with Gasteiger partial charge in [-0.15, -0.1) is 0 Å². The van der Waals surface area contributed by atoms with Gasteiger partial charge in [0, 0.05) is 18.7 Å². The molecule has 6 nitrogen and oxygen atoms in total. The number of para-hydroxylation sites is 2. The average molecular weight is 311 g/mol. The van der Waals surface area contributed by atoms with Gasteiger partial charge in [-0.05, 0) is 24.3 Å². The van der Waals surface area contributed by atoms with Crippen molar-refractivity contribution >= 4 is 28.7 Å². The second kappa shape index (κ2) is 6.83. The molecule has 0 saturated carbocycles. The molecule has 118 valence electrons. The Labute approximate surface area is 133 Å². The van der Waals surface area contributed by atoms with E-state index in [1.807, 2.05) is 42.5 Å². The number of rotatable bonds is 6. The van der Waals surface area contributed by atoms with E-state index in [0.717, 1.165) is 11.1 Å². The quantitative estimate of drug-likeness (QED) is 0.683. The summed E-state index contributed by atoms with van der Waals surface area (Å²) < 4.78 is 11.2. The summed E-state index contributed by atoms with van der Waals surface area (Å²) in [6.07, 6.45) is 0. The van der Waals surface area contributed by atoms with Crippen molar-refractivity contribution in [3.05, 3.63) is 48.5 Å². The predicted molar refractivity (Wildman–Crippen MR) is 88.7 cm³/mol. The van der Waals surface area contributed by atoms with Gasteiger partial charge in [-0.1, -0.05) is 18.2 Å².